The van der Waals surface area contributed by atoms with Crippen molar-refractivity contribution in [3.63, 3.8) is 0 Å². The average Bonchev–Trinajstić information content (AvgIpc) is 2.57. The topological polar surface area (TPSA) is 37.3 Å². The largest absolute Gasteiger partial charge is 0.478 e. The lowest BCUT2D eigenvalue weighted by atomic mass is 10.0. The van der Waals surface area contributed by atoms with E-state index in [4.69, 9.17) is 5.11 Å². The molecule has 74 valence electrons. The Hall–Kier alpha value is -0.790. The van der Waals surface area contributed by atoms with E-state index in [0.29, 0.717) is 0 Å². The zero-order valence-electron chi connectivity index (χ0n) is 8.42. The smallest absolute Gasteiger partial charge is 0.331 e. The first-order valence-corrected chi connectivity index (χ1v) is 4.94. The van der Waals surface area contributed by atoms with Gasteiger partial charge in [-0.15, -0.1) is 0 Å². The van der Waals surface area contributed by atoms with Crippen LogP contribution in [-0.4, -0.2) is 11.1 Å². The van der Waals surface area contributed by atoms with E-state index in [9.17, 15) is 4.79 Å². The summed E-state index contributed by atoms with van der Waals surface area (Å²) in [6.07, 6.45) is 4.70. The number of carboxylic acid groups (broad SMARTS) is 1. The minimum absolute atomic E-state index is 0.0486. The molecule has 2 rings (SSSR count). The number of hydrogen-bond acceptors (Lipinski definition) is 1. The maximum absolute atomic E-state index is 10.0. The second kappa shape index (κ2) is 3.95. The summed E-state index contributed by atoms with van der Waals surface area (Å²) < 4.78 is 0. The standard InChI is InChI=1S/C6H10O2.C5H8/c1-4(2)5(3)6(7)8;1-2-5-3-4(1)5/h4H,3H2,1-2H3,(H,7,8);4-5H,1-3H2. The molecule has 0 aliphatic heterocycles. The van der Waals surface area contributed by atoms with Gasteiger partial charge >= 0.3 is 5.97 Å². The van der Waals surface area contributed by atoms with Gasteiger partial charge in [-0.2, -0.15) is 0 Å². The molecule has 0 saturated heterocycles. The van der Waals surface area contributed by atoms with Crippen LogP contribution in [0.5, 0.6) is 0 Å². The lowest BCUT2D eigenvalue weighted by Gasteiger charge is -2.04. The molecule has 0 heterocycles. The Kier molecular flexibility index (Phi) is 3.12. The van der Waals surface area contributed by atoms with Gasteiger partial charge in [-0.1, -0.05) is 20.4 Å². The highest BCUT2D eigenvalue weighted by atomic mass is 16.4. The van der Waals surface area contributed by atoms with Gasteiger partial charge in [-0.25, -0.2) is 4.79 Å². The molecule has 13 heavy (non-hydrogen) atoms. The molecule has 2 aliphatic carbocycles. The lowest BCUT2D eigenvalue weighted by Crippen LogP contribution is -2.04. The molecule has 2 atom stereocenters. The van der Waals surface area contributed by atoms with Gasteiger partial charge in [-0.05, 0) is 37.0 Å². The SMILES string of the molecule is C1CC2CC12.C=C(C(=O)O)C(C)C. The molecular weight excluding hydrogens is 164 g/mol. The van der Waals surface area contributed by atoms with Crippen molar-refractivity contribution < 1.29 is 9.90 Å². The molecule has 2 fully saturated rings. The summed E-state index contributed by atoms with van der Waals surface area (Å²) in [5.41, 5.74) is 0.269. The Morgan fingerprint density at radius 1 is 1.38 bits per heavy atom. The second-order valence-electron chi connectivity index (χ2n) is 4.32. The fourth-order valence-electron chi connectivity index (χ4n) is 1.43. The summed E-state index contributed by atoms with van der Waals surface area (Å²) in [4.78, 5) is 10.0. The van der Waals surface area contributed by atoms with Crippen LogP contribution in [0.25, 0.3) is 0 Å². The summed E-state index contributed by atoms with van der Waals surface area (Å²) in [6, 6.07) is 0. The van der Waals surface area contributed by atoms with Gasteiger partial charge in [0, 0.05) is 5.57 Å². The average molecular weight is 182 g/mol. The summed E-state index contributed by atoms with van der Waals surface area (Å²) in [6.45, 7) is 6.96. The van der Waals surface area contributed by atoms with Crippen molar-refractivity contribution in [1.82, 2.24) is 0 Å². The van der Waals surface area contributed by atoms with Crippen molar-refractivity contribution in [3.8, 4) is 0 Å². The third-order valence-electron chi connectivity index (χ3n) is 2.95. The fraction of sp³-hybridized carbons (Fsp3) is 0.727. The van der Waals surface area contributed by atoms with Crippen LogP contribution in [0.1, 0.15) is 33.1 Å². The van der Waals surface area contributed by atoms with Crippen molar-refractivity contribution in [1.29, 1.82) is 0 Å². The van der Waals surface area contributed by atoms with Crippen molar-refractivity contribution in [2.24, 2.45) is 17.8 Å². The second-order valence-corrected chi connectivity index (χ2v) is 4.32. The fourth-order valence-corrected chi connectivity index (χ4v) is 1.43. The zero-order valence-corrected chi connectivity index (χ0v) is 8.42. The molecule has 0 bridgehead atoms. The minimum atomic E-state index is -0.903. The van der Waals surface area contributed by atoms with Crippen LogP contribution in [0.4, 0.5) is 0 Å². The van der Waals surface area contributed by atoms with Crippen molar-refractivity contribution in [2.75, 3.05) is 0 Å². The Labute approximate surface area is 79.6 Å². The van der Waals surface area contributed by atoms with Crippen LogP contribution in [0, 0.1) is 17.8 Å². The molecule has 2 aliphatic rings. The van der Waals surface area contributed by atoms with Crippen LogP contribution in [0.2, 0.25) is 0 Å². The van der Waals surface area contributed by atoms with Crippen LogP contribution in [0.3, 0.4) is 0 Å². The minimum Gasteiger partial charge on any atom is -0.478 e. The Bertz CT molecular complexity index is 206. The third kappa shape index (κ3) is 2.87. The van der Waals surface area contributed by atoms with Crippen LogP contribution in [-0.2, 0) is 4.79 Å². The zero-order chi connectivity index (χ0) is 10.0. The Balaban J connectivity index is 0.000000140. The highest BCUT2D eigenvalue weighted by Gasteiger charge is 2.44. The maximum Gasteiger partial charge on any atom is 0.331 e. The van der Waals surface area contributed by atoms with Crippen LogP contribution < -0.4 is 0 Å². The molecule has 0 aromatic rings. The summed E-state index contributed by atoms with van der Waals surface area (Å²) in [5.74, 6) is 1.61. The number of hydrogen-bond donors (Lipinski definition) is 1. The first-order chi connectivity index (χ1) is 6.02. The van der Waals surface area contributed by atoms with E-state index in [1.165, 1.54) is 11.8 Å². The number of carbonyl (C=O) groups is 1. The van der Waals surface area contributed by atoms with Crippen molar-refractivity contribution in [3.05, 3.63) is 12.2 Å². The normalized spacial score (nSPS) is 27.9. The van der Waals surface area contributed by atoms with E-state index in [1.54, 1.807) is 33.1 Å². The molecule has 2 nitrogen and oxygen atoms in total. The maximum atomic E-state index is 10.0. The molecule has 0 aromatic heterocycles. The third-order valence-corrected chi connectivity index (χ3v) is 2.95. The molecule has 2 saturated carbocycles. The predicted octanol–water partition coefficient (Wildman–Crippen LogP) is 2.70. The lowest BCUT2D eigenvalue weighted by molar-refractivity contribution is -0.133. The first kappa shape index (κ1) is 10.3. The number of carboxylic acids is 1. The van der Waals surface area contributed by atoms with Gasteiger partial charge < -0.3 is 5.11 Å². The summed E-state index contributed by atoms with van der Waals surface area (Å²) in [7, 11) is 0. The molecule has 0 aromatic carbocycles. The van der Waals surface area contributed by atoms with Gasteiger partial charge in [0.15, 0.2) is 0 Å². The summed E-state index contributed by atoms with van der Waals surface area (Å²) >= 11 is 0. The predicted molar refractivity (Wildman–Crippen MR) is 52.4 cm³/mol. The van der Waals surface area contributed by atoms with Gasteiger partial charge in [0.2, 0.25) is 0 Å². The van der Waals surface area contributed by atoms with Crippen molar-refractivity contribution >= 4 is 5.97 Å². The highest BCUT2D eigenvalue weighted by molar-refractivity contribution is 5.86. The Morgan fingerprint density at radius 3 is 1.85 bits per heavy atom. The van der Waals surface area contributed by atoms with Crippen molar-refractivity contribution in [2.45, 2.75) is 33.1 Å². The van der Waals surface area contributed by atoms with E-state index in [0.717, 1.165) is 0 Å². The van der Waals surface area contributed by atoms with Crippen LogP contribution >= 0.6 is 0 Å². The van der Waals surface area contributed by atoms with Gasteiger partial charge in [0.05, 0.1) is 0 Å². The van der Waals surface area contributed by atoms with Gasteiger partial charge in [0.25, 0.3) is 0 Å². The summed E-state index contributed by atoms with van der Waals surface area (Å²) in [5, 5.41) is 8.25. The van der Waals surface area contributed by atoms with E-state index < -0.39 is 5.97 Å². The van der Waals surface area contributed by atoms with E-state index >= 15 is 0 Å². The molecule has 2 unspecified atom stereocenters. The molecule has 0 amide bonds. The van der Waals surface area contributed by atoms with E-state index in [2.05, 4.69) is 6.58 Å². The molecular formula is C11H18O2. The first-order valence-electron chi connectivity index (χ1n) is 4.94. The monoisotopic (exact) mass is 182 g/mol. The number of rotatable bonds is 2. The molecule has 0 spiro atoms. The quantitative estimate of drug-likeness (QED) is 0.667. The Morgan fingerprint density at radius 2 is 1.85 bits per heavy atom. The molecule has 2 heteroatoms. The van der Waals surface area contributed by atoms with E-state index in [1.807, 2.05) is 0 Å². The van der Waals surface area contributed by atoms with Gasteiger partial charge in [0.1, 0.15) is 0 Å². The van der Waals surface area contributed by atoms with Crippen LogP contribution in [0.15, 0.2) is 12.2 Å². The number of aliphatic carboxylic acids is 1. The number of fused-ring (bicyclic) bond motifs is 1. The molecule has 0 radical (unpaired) electrons. The van der Waals surface area contributed by atoms with E-state index in [-0.39, 0.29) is 11.5 Å². The highest BCUT2D eigenvalue weighted by Crippen LogP contribution is 2.55. The molecule has 1 N–H and O–H groups in total. The van der Waals surface area contributed by atoms with Gasteiger partial charge in [-0.3, -0.25) is 0 Å².